The van der Waals surface area contributed by atoms with Crippen molar-refractivity contribution in [1.29, 1.82) is 0 Å². The summed E-state index contributed by atoms with van der Waals surface area (Å²) in [6.45, 7) is 2.55. The molecule has 0 aromatic heterocycles. The van der Waals surface area contributed by atoms with Crippen LogP contribution in [0.5, 0.6) is 23.0 Å². The van der Waals surface area contributed by atoms with Crippen LogP contribution in [0.2, 0.25) is 10.0 Å². The van der Waals surface area contributed by atoms with E-state index in [4.69, 9.17) is 42.1 Å². The predicted octanol–water partition coefficient (Wildman–Crippen LogP) is 6.17. The van der Waals surface area contributed by atoms with Gasteiger partial charge in [0, 0.05) is 34.4 Å². The Labute approximate surface area is 193 Å². The zero-order chi connectivity index (χ0) is 22.7. The highest BCUT2D eigenvalue weighted by Crippen LogP contribution is 2.54. The van der Waals surface area contributed by atoms with Gasteiger partial charge in [-0.25, -0.2) is 0 Å². The maximum Gasteiger partial charge on any atom is 0.308 e. The smallest absolute Gasteiger partial charge is 0.308 e. The molecule has 9 heteroatoms. The molecule has 0 radical (unpaired) electrons. The van der Waals surface area contributed by atoms with E-state index in [0.717, 1.165) is 0 Å². The van der Waals surface area contributed by atoms with Crippen LogP contribution in [0.25, 0.3) is 10.8 Å². The van der Waals surface area contributed by atoms with Gasteiger partial charge in [-0.2, -0.15) is 0 Å². The van der Waals surface area contributed by atoms with Crippen LogP contribution in [0.15, 0.2) is 46.2 Å². The number of hydrogen-bond acceptors (Lipinski definition) is 7. The lowest BCUT2D eigenvalue weighted by molar-refractivity contribution is -0.133. The summed E-state index contributed by atoms with van der Waals surface area (Å²) in [4.78, 5) is 25.0. The van der Waals surface area contributed by atoms with Gasteiger partial charge in [0.15, 0.2) is 11.5 Å². The Hall–Kier alpha value is -2.61. The van der Waals surface area contributed by atoms with E-state index in [9.17, 15) is 9.59 Å². The quantitative estimate of drug-likeness (QED) is 0.308. The number of methoxy groups -OCH3 is 2. The second kappa shape index (κ2) is 9.68. The van der Waals surface area contributed by atoms with Crippen molar-refractivity contribution in [3.8, 4) is 23.0 Å². The average Bonchev–Trinajstić information content (AvgIpc) is 2.71. The molecule has 0 spiro atoms. The lowest BCUT2D eigenvalue weighted by Crippen LogP contribution is -2.08. The minimum absolute atomic E-state index is 0.111. The van der Waals surface area contributed by atoms with Crippen LogP contribution < -0.4 is 18.9 Å². The Morgan fingerprint density at radius 3 is 1.84 bits per heavy atom. The van der Waals surface area contributed by atoms with E-state index in [0.29, 0.717) is 30.6 Å². The first kappa shape index (κ1) is 23.1. The molecule has 0 unspecified atom stereocenters. The van der Waals surface area contributed by atoms with Gasteiger partial charge in [0.05, 0.1) is 24.3 Å². The molecule has 3 aromatic carbocycles. The van der Waals surface area contributed by atoms with E-state index >= 15 is 0 Å². The van der Waals surface area contributed by atoms with Crippen molar-refractivity contribution < 1.29 is 28.5 Å². The Balaban J connectivity index is 2.41. The second-order valence-electron chi connectivity index (χ2n) is 6.24. The van der Waals surface area contributed by atoms with Gasteiger partial charge in [0.1, 0.15) is 0 Å². The van der Waals surface area contributed by atoms with Crippen LogP contribution >= 0.6 is 35.0 Å². The maximum absolute atomic E-state index is 11.9. The van der Waals surface area contributed by atoms with Gasteiger partial charge in [-0.15, -0.1) is 0 Å². The molecule has 31 heavy (non-hydrogen) atoms. The summed E-state index contributed by atoms with van der Waals surface area (Å²) >= 11 is 14.0. The van der Waals surface area contributed by atoms with Crippen LogP contribution in [0.1, 0.15) is 13.8 Å². The van der Waals surface area contributed by atoms with Crippen molar-refractivity contribution in [2.45, 2.75) is 23.6 Å². The Morgan fingerprint density at radius 1 is 0.774 bits per heavy atom. The number of carbonyl (C=O) groups is 2. The Kier molecular flexibility index (Phi) is 7.20. The van der Waals surface area contributed by atoms with Gasteiger partial charge in [-0.3, -0.25) is 9.59 Å². The van der Waals surface area contributed by atoms with Gasteiger partial charge in [-0.05, 0) is 18.2 Å². The van der Waals surface area contributed by atoms with E-state index in [2.05, 4.69) is 0 Å². The standard InChI is InChI=1S/C22H18Cl2O6S/c1-11(25)29-18-13-7-5-10-16(31-22-14(23)8-6-9-15(22)24)17(13)19(30-12(2)26)21(28-4)20(18)27-3/h5-10H,1-4H3. The van der Waals surface area contributed by atoms with Crippen LogP contribution in [0.4, 0.5) is 0 Å². The topological polar surface area (TPSA) is 71.1 Å². The molecule has 6 nitrogen and oxygen atoms in total. The number of ether oxygens (including phenoxy) is 4. The van der Waals surface area contributed by atoms with Crippen molar-refractivity contribution in [2.24, 2.45) is 0 Å². The molecule has 0 heterocycles. The number of halogens is 2. The molecular weight excluding hydrogens is 463 g/mol. The molecule has 162 valence electrons. The van der Waals surface area contributed by atoms with Gasteiger partial charge >= 0.3 is 11.9 Å². The van der Waals surface area contributed by atoms with E-state index in [-0.39, 0.29) is 23.0 Å². The molecular formula is C22H18Cl2O6S. The molecule has 0 aliphatic rings. The summed E-state index contributed by atoms with van der Waals surface area (Å²) in [5, 5.41) is 1.89. The summed E-state index contributed by atoms with van der Waals surface area (Å²) in [5.74, 6) is -0.597. The third-order valence-corrected chi connectivity index (χ3v) is 6.21. The highest BCUT2D eigenvalue weighted by molar-refractivity contribution is 7.99. The first-order chi connectivity index (χ1) is 14.8. The number of benzene rings is 3. The van der Waals surface area contributed by atoms with Crippen LogP contribution in [-0.2, 0) is 9.59 Å². The number of carbonyl (C=O) groups excluding carboxylic acids is 2. The third-order valence-electron chi connectivity index (χ3n) is 4.15. The highest BCUT2D eigenvalue weighted by atomic mass is 35.5. The Bertz CT molecular complexity index is 1160. The van der Waals surface area contributed by atoms with E-state index in [1.54, 1.807) is 30.3 Å². The SMILES string of the molecule is COc1c(OC)c(OC(C)=O)c2c(Sc3c(Cl)cccc3Cl)cccc2c1OC(C)=O. The second-order valence-corrected chi connectivity index (χ2v) is 8.11. The molecule has 0 bridgehead atoms. The van der Waals surface area contributed by atoms with Crippen molar-refractivity contribution in [1.82, 2.24) is 0 Å². The number of rotatable bonds is 6. The fourth-order valence-electron chi connectivity index (χ4n) is 3.03. The normalized spacial score (nSPS) is 10.6. The average molecular weight is 481 g/mol. The summed E-state index contributed by atoms with van der Waals surface area (Å²) < 4.78 is 21.9. The van der Waals surface area contributed by atoms with Gasteiger partial charge in [0.25, 0.3) is 0 Å². The summed E-state index contributed by atoms with van der Waals surface area (Å²) in [6.07, 6.45) is 0. The maximum atomic E-state index is 11.9. The largest absolute Gasteiger partial charge is 0.490 e. The van der Waals surface area contributed by atoms with E-state index < -0.39 is 11.9 Å². The lowest BCUT2D eigenvalue weighted by Gasteiger charge is -2.20. The van der Waals surface area contributed by atoms with Crippen LogP contribution in [0.3, 0.4) is 0 Å². The molecule has 0 aliphatic carbocycles. The first-order valence-corrected chi connectivity index (χ1v) is 10.5. The number of fused-ring (bicyclic) bond motifs is 1. The van der Waals surface area contributed by atoms with Crippen molar-refractivity contribution in [3.63, 3.8) is 0 Å². The highest BCUT2D eigenvalue weighted by Gasteiger charge is 2.28. The molecule has 3 aromatic rings. The monoisotopic (exact) mass is 480 g/mol. The van der Waals surface area contributed by atoms with Crippen molar-refractivity contribution >= 4 is 57.7 Å². The van der Waals surface area contributed by atoms with Crippen molar-refractivity contribution in [3.05, 3.63) is 46.4 Å². The molecule has 0 aliphatic heterocycles. The molecule has 0 N–H and O–H groups in total. The summed E-state index contributed by atoms with van der Waals surface area (Å²) in [6, 6.07) is 10.5. The minimum atomic E-state index is -0.558. The summed E-state index contributed by atoms with van der Waals surface area (Å²) in [5.41, 5.74) is 0. The Morgan fingerprint density at radius 2 is 1.29 bits per heavy atom. The zero-order valence-corrected chi connectivity index (χ0v) is 19.4. The zero-order valence-electron chi connectivity index (χ0n) is 17.1. The first-order valence-electron chi connectivity index (χ1n) is 8.97. The van der Waals surface area contributed by atoms with E-state index in [1.807, 2.05) is 6.07 Å². The van der Waals surface area contributed by atoms with Crippen LogP contribution in [-0.4, -0.2) is 26.2 Å². The van der Waals surface area contributed by atoms with E-state index in [1.165, 1.54) is 39.8 Å². The predicted molar refractivity (Wildman–Crippen MR) is 120 cm³/mol. The molecule has 0 fully saturated rings. The van der Waals surface area contributed by atoms with Gasteiger partial charge in [0.2, 0.25) is 11.5 Å². The molecule has 3 rings (SSSR count). The fourth-order valence-corrected chi connectivity index (χ4v) is 4.66. The fraction of sp³-hybridized carbons (Fsp3) is 0.182. The number of esters is 2. The third kappa shape index (κ3) is 4.69. The minimum Gasteiger partial charge on any atom is -0.490 e. The van der Waals surface area contributed by atoms with Crippen molar-refractivity contribution in [2.75, 3.05) is 14.2 Å². The van der Waals surface area contributed by atoms with Gasteiger partial charge in [-0.1, -0.05) is 53.2 Å². The lowest BCUT2D eigenvalue weighted by atomic mass is 10.1. The molecule has 0 amide bonds. The van der Waals surface area contributed by atoms with Crippen LogP contribution in [0, 0.1) is 0 Å². The summed E-state index contributed by atoms with van der Waals surface area (Å²) in [7, 11) is 2.80. The number of hydrogen-bond donors (Lipinski definition) is 0. The molecule has 0 saturated heterocycles. The van der Waals surface area contributed by atoms with Gasteiger partial charge < -0.3 is 18.9 Å². The molecule has 0 atom stereocenters. The molecule has 0 saturated carbocycles.